The number of benzene rings is 4. The Morgan fingerprint density at radius 3 is 1.25 bits per heavy atom. The van der Waals surface area contributed by atoms with Crippen LogP contribution >= 0.6 is 0 Å². The lowest BCUT2D eigenvalue weighted by Crippen LogP contribution is -2.23. The number of unbranched alkanes of at least 4 members (excludes halogenated alkanes) is 3. The van der Waals surface area contributed by atoms with Crippen molar-refractivity contribution in [2.45, 2.75) is 51.4 Å². The molecule has 0 aliphatic rings. The van der Waals surface area contributed by atoms with Gasteiger partial charge >= 0.3 is 0 Å². The van der Waals surface area contributed by atoms with Gasteiger partial charge in [-0.15, -0.1) is 0 Å². The number of hydrogen-bond donors (Lipinski definition) is 4. The first-order valence-corrected chi connectivity index (χ1v) is 12.9. The Morgan fingerprint density at radius 2 is 0.889 bits per heavy atom. The molecule has 0 bridgehead atoms. The van der Waals surface area contributed by atoms with Crippen LogP contribution in [0.4, 0.5) is 34.1 Å². The molecule has 0 unspecified atom stereocenters. The summed E-state index contributed by atoms with van der Waals surface area (Å²) in [5.74, 6) is 0. The molecule has 0 atom stereocenters. The zero-order valence-corrected chi connectivity index (χ0v) is 21.4. The van der Waals surface area contributed by atoms with Crippen molar-refractivity contribution in [3.63, 3.8) is 0 Å². The fraction of sp³-hybridized carbons (Fsp3) is 0.250. The Kier molecular flexibility index (Phi) is 8.17. The summed E-state index contributed by atoms with van der Waals surface area (Å²) in [5, 5.41) is 6.94. The van der Waals surface area contributed by atoms with Gasteiger partial charge in [-0.1, -0.05) is 63.8 Å². The molecule has 0 amide bonds. The van der Waals surface area contributed by atoms with Crippen LogP contribution in [0.15, 0.2) is 97.1 Å². The zero-order chi connectivity index (χ0) is 25.4. The highest BCUT2D eigenvalue weighted by atomic mass is 14.9. The number of hydrogen-bond acceptors (Lipinski definition) is 4. The van der Waals surface area contributed by atoms with E-state index in [1.807, 2.05) is 48.5 Å². The van der Waals surface area contributed by atoms with Crippen LogP contribution in [-0.2, 0) is 5.41 Å². The fourth-order valence-electron chi connectivity index (χ4n) is 4.67. The molecule has 0 spiro atoms. The van der Waals surface area contributed by atoms with Crippen molar-refractivity contribution in [1.82, 2.24) is 0 Å². The third-order valence-corrected chi connectivity index (χ3v) is 6.97. The monoisotopic (exact) mass is 478 g/mol. The second-order valence-corrected chi connectivity index (χ2v) is 9.79. The summed E-state index contributed by atoms with van der Waals surface area (Å²) < 4.78 is 0. The number of nitrogens with one attached hydrogen (secondary N) is 2. The smallest absolute Gasteiger partial charge is 0.0385 e. The molecule has 4 nitrogen and oxygen atoms in total. The number of nitrogens with two attached hydrogens (primary N) is 2. The quantitative estimate of drug-likeness (QED) is 0.129. The second kappa shape index (κ2) is 11.7. The maximum Gasteiger partial charge on any atom is 0.0385 e. The Balaban J connectivity index is 1.54. The van der Waals surface area contributed by atoms with Gasteiger partial charge in [0.25, 0.3) is 0 Å². The fourth-order valence-corrected chi connectivity index (χ4v) is 4.67. The van der Waals surface area contributed by atoms with Crippen LogP contribution in [0.25, 0.3) is 0 Å². The molecule has 4 heteroatoms. The van der Waals surface area contributed by atoms with Crippen molar-refractivity contribution in [3.8, 4) is 0 Å². The molecule has 0 aliphatic carbocycles. The lowest BCUT2D eigenvalue weighted by Gasteiger charge is -2.32. The molecule has 0 fully saturated rings. The van der Waals surface area contributed by atoms with Crippen LogP contribution in [-0.4, -0.2) is 0 Å². The minimum atomic E-state index is -0.0623. The molecule has 0 saturated heterocycles. The van der Waals surface area contributed by atoms with E-state index in [9.17, 15) is 0 Å². The van der Waals surface area contributed by atoms with E-state index in [1.54, 1.807) is 0 Å². The third kappa shape index (κ3) is 6.39. The maximum absolute atomic E-state index is 5.82. The first kappa shape index (κ1) is 25.2. The predicted molar refractivity (Wildman–Crippen MR) is 156 cm³/mol. The Morgan fingerprint density at radius 1 is 0.528 bits per heavy atom. The lowest BCUT2D eigenvalue weighted by atomic mass is 9.72. The minimum absolute atomic E-state index is 0.0623. The molecular weight excluding hydrogens is 440 g/mol. The first-order valence-electron chi connectivity index (χ1n) is 12.9. The molecule has 0 aromatic heterocycles. The van der Waals surface area contributed by atoms with E-state index in [0.717, 1.165) is 40.5 Å². The minimum Gasteiger partial charge on any atom is -0.399 e. The molecule has 36 heavy (non-hydrogen) atoms. The van der Waals surface area contributed by atoms with E-state index in [2.05, 4.69) is 73.0 Å². The molecule has 186 valence electrons. The molecule has 6 N–H and O–H groups in total. The number of rotatable bonds is 11. The van der Waals surface area contributed by atoms with E-state index in [0.29, 0.717) is 0 Å². The third-order valence-electron chi connectivity index (χ3n) is 6.97. The molecular formula is C32H38N4. The summed E-state index contributed by atoms with van der Waals surface area (Å²) in [6, 6.07) is 33.4. The SMILES string of the molecule is CCCCCCC(C)(c1ccc(Nc2ccc(N)cc2)cc1)c1ccc(Nc2ccc(N)cc2)cc1. The highest BCUT2D eigenvalue weighted by molar-refractivity contribution is 5.64. The maximum atomic E-state index is 5.82. The standard InChI is InChI=1S/C32H38N4/c1-3-4-5-6-23-32(2,24-7-15-28(16-8-24)35-30-19-11-26(33)12-20-30)25-9-17-29(18-10-25)36-31-21-13-27(34)14-22-31/h7-22,35-36H,3-6,23,33-34H2,1-2H3. The van der Waals surface area contributed by atoms with Crippen LogP contribution in [0.3, 0.4) is 0 Å². The highest BCUT2D eigenvalue weighted by Crippen LogP contribution is 2.38. The summed E-state index contributed by atoms with van der Waals surface area (Å²) in [6.45, 7) is 4.64. The van der Waals surface area contributed by atoms with Gasteiger partial charge < -0.3 is 22.1 Å². The van der Waals surface area contributed by atoms with Gasteiger partial charge in [-0.3, -0.25) is 0 Å². The van der Waals surface area contributed by atoms with Gasteiger partial charge in [-0.25, -0.2) is 0 Å². The summed E-state index contributed by atoms with van der Waals surface area (Å²) in [5.41, 5.74) is 20.0. The molecule has 4 rings (SSSR count). The summed E-state index contributed by atoms with van der Waals surface area (Å²) in [6.07, 6.45) is 6.11. The van der Waals surface area contributed by atoms with Gasteiger partial charge in [-0.05, 0) is 90.3 Å². The van der Waals surface area contributed by atoms with Crippen molar-refractivity contribution in [3.05, 3.63) is 108 Å². The Labute approximate surface area is 215 Å². The van der Waals surface area contributed by atoms with Crippen LogP contribution in [0.5, 0.6) is 0 Å². The lowest BCUT2D eigenvalue weighted by molar-refractivity contribution is 0.478. The Bertz CT molecular complexity index is 1120. The highest BCUT2D eigenvalue weighted by Gasteiger charge is 2.28. The zero-order valence-electron chi connectivity index (χ0n) is 21.4. The van der Waals surface area contributed by atoms with E-state index in [4.69, 9.17) is 11.5 Å². The van der Waals surface area contributed by atoms with Crippen molar-refractivity contribution in [2.75, 3.05) is 22.1 Å². The largest absolute Gasteiger partial charge is 0.399 e. The van der Waals surface area contributed by atoms with E-state index in [-0.39, 0.29) is 5.41 Å². The van der Waals surface area contributed by atoms with Gasteiger partial charge in [0.05, 0.1) is 0 Å². The van der Waals surface area contributed by atoms with Crippen molar-refractivity contribution in [1.29, 1.82) is 0 Å². The van der Waals surface area contributed by atoms with Gasteiger partial charge in [0.2, 0.25) is 0 Å². The van der Waals surface area contributed by atoms with E-state index < -0.39 is 0 Å². The van der Waals surface area contributed by atoms with Crippen molar-refractivity contribution in [2.24, 2.45) is 0 Å². The van der Waals surface area contributed by atoms with Crippen molar-refractivity contribution < 1.29 is 0 Å². The van der Waals surface area contributed by atoms with Gasteiger partial charge in [0.15, 0.2) is 0 Å². The number of nitrogen functional groups attached to an aromatic ring is 2. The normalized spacial score (nSPS) is 11.3. The van der Waals surface area contributed by atoms with Crippen molar-refractivity contribution >= 4 is 34.1 Å². The van der Waals surface area contributed by atoms with Crippen LogP contribution < -0.4 is 22.1 Å². The average molecular weight is 479 g/mol. The molecule has 0 heterocycles. The summed E-state index contributed by atoms with van der Waals surface area (Å²) >= 11 is 0. The van der Waals surface area contributed by atoms with Crippen LogP contribution in [0.2, 0.25) is 0 Å². The molecule has 4 aromatic carbocycles. The molecule has 0 aliphatic heterocycles. The summed E-state index contributed by atoms with van der Waals surface area (Å²) in [4.78, 5) is 0. The molecule has 0 radical (unpaired) electrons. The first-order chi connectivity index (χ1) is 17.5. The predicted octanol–water partition coefficient (Wildman–Crippen LogP) is 8.61. The van der Waals surface area contributed by atoms with Gasteiger partial charge in [-0.2, -0.15) is 0 Å². The van der Waals surface area contributed by atoms with E-state index in [1.165, 1.54) is 36.8 Å². The van der Waals surface area contributed by atoms with Crippen LogP contribution in [0, 0.1) is 0 Å². The molecule has 4 aromatic rings. The average Bonchev–Trinajstić information content (AvgIpc) is 2.90. The summed E-state index contributed by atoms with van der Waals surface area (Å²) in [7, 11) is 0. The van der Waals surface area contributed by atoms with Gasteiger partial charge in [0.1, 0.15) is 0 Å². The van der Waals surface area contributed by atoms with E-state index >= 15 is 0 Å². The second-order valence-electron chi connectivity index (χ2n) is 9.79. The molecule has 0 saturated carbocycles. The van der Waals surface area contributed by atoms with Crippen LogP contribution in [0.1, 0.15) is 57.1 Å². The topological polar surface area (TPSA) is 76.1 Å². The number of anilines is 6. The van der Waals surface area contributed by atoms with Gasteiger partial charge in [0, 0.05) is 39.5 Å². The Hall–Kier alpha value is -3.92.